The molecular formula is C16H10F3N2O2S. The number of aromatic nitrogens is 2. The Balaban J connectivity index is 1.95. The normalized spacial score (nSPS) is 13.0. The fraction of sp³-hybridized carbons (Fsp3) is 0.125. The van der Waals surface area contributed by atoms with Gasteiger partial charge in [0.2, 0.25) is 5.82 Å². The average Bonchev–Trinajstić information content (AvgIpc) is 3.05. The van der Waals surface area contributed by atoms with Crippen LogP contribution in [-0.2, 0) is 17.4 Å². The third-order valence-electron chi connectivity index (χ3n) is 3.19. The molecule has 0 amide bonds. The Bertz CT molecular complexity index is 864. The average molecular weight is 351 g/mol. The molecule has 0 saturated carbocycles. The van der Waals surface area contributed by atoms with E-state index < -0.39 is 23.2 Å². The van der Waals surface area contributed by atoms with Crippen LogP contribution in [0.3, 0.4) is 0 Å². The van der Waals surface area contributed by atoms with Gasteiger partial charge in [0.05, 0.1) is 0 Å². The summed E-state index contributed by atoms with van der Waals surface area (Å²) in [5.74, 6) is -1.65. The molecule has 0 saturated heterocycles. The summed E-state index contributed by atoms with van der Waals surface area (Å²) in [5.41, 5.74) is 1.11. The summed E-state index contributed by atoms with van der Waals surface area (Å²) in [4.78, 5) is 4.25. The second-order valence-corrected chi connectivity index (χ2v) is 6.31. The van der Waals surface area contributed by atoms with Crippen molar-refractivity contribution >= 4 is 11.2 Å². The summed E-state index contributed by atoms with van der Waals surface area (Å²) in [6.07, 6.45) is -4.71. The molecule has 0 spiro atoms. The first-order valence-corrected chi connectivity index (χ1v) is 7.91. The van der Waals surface area contributed by atoms with Crippen LogP contribution in [0.25, 0.3) is 11.4 Å². The van der Waals surface area contributed by atoms with Crippen LogP contribution < -0.4 is 0 Å². The van der Waals surface area contributed by atoms with Gasteiger partial charge in [0.25, 0.3) is 0 Å². The highest BCUT2D eigenvalue weighted by Gasteiger charge is 2.38. The molecule has 3 aromatic rings. The molecule has 0 aliphatic heterocycles. The maximum absolute atomic E-state index is 12.7. The quantitative estimate of drug-likeness (QED) is 0.669. The summed E-state index contributed by atoms with van der Waals surface area (Å²) in [6.45, 7) is 1.83. The van der Waals surface area contributed by atoms with E-state index in [2.05, 4.69) is 20.7 Å². The van der Waals surface area contributed by atoms with Crippen molar-refractivity contribution in [3.05, 3.63) is 60.0 Å². The monoisotopic (exact) mass is 351 g/mol. The molecule has 8 heteroatoms. The molecule has 3 rings (SSSR count). The van der Waals surface area contributed by atoms with Crippen molar-refractivity contribution in [2.24, 2.45) is 0 Å². The van der Waals surface area contributed by atoms with E-state index >= 15 is 0 Å². The van der Waals surface area contributed by atoms with E-state index in [1.807, 2.05) is 19.1 Å². The minimum atomic E-state index is -4.71. The summed E-state index contributed by atoms with van der Waals surface area (Å²) in [6, 6.07) is 14.3. The minimum Gasteiger partial charge on any atom is -0.606 e. The lowest BCUT2D eigenvalue weighted by molar-refractivity contribution is -0.159. The lowest BCUT2D eigenvalue weighted by atomic mass is 10.2. The van der Waals surface area contributed by atoms with Gasteiger partial charge < -0.3 is 9.08 Å². The van der Waals surface area contributed by atoms with Crippen molar-refractivity contribution in [3.8, 4) is 11.4 Å². The van der Waals surface area contributed by atoms with E-state index in [0.717, 1.165) is 5.56 Å². The van der Waals surface area contributed by atoms with Gasteiger partial charge in [0.1, 0.15) is 0 Å². The molecule has 123 valence electrons. The third-order valence-corrected chi connectivity index (χ3v) is 4.69. The lowest BCUT2D eigenvalue weighted by Crippen LogP contribution is -2.05. The van der Waals surface area contributed by atoms with Crippen LogP contribution in [0.1, 0.15) is 11.5 Å². The summed E-state index contributed by atoms with van der Waals surface area (Å²) >= 11 is -1.52. The smallest absolute Gasteiger partial charge is 0.471 e. The van der Waals surface area contributed by atoms with Crippen LogP contribution in [0.4, 0.5) is 13.2 Å². The van der Waals surface area contributed by atoms with Crippen molar-refractivity contribution in [2.45, 2.75) is 22.9 Å². The van der Waals surface area contributed by atoms with Gasteiger partial charge in [-0.15, -0.1) is 0 Å². The van der Waals surface area contributed by atoms with Gasteiger partial charge >= 0.3 is 12.1 Å². The Morgan fingerprint density at radius 1 is 1.21 bits per heavy atom. The van der Waals surface area contributed by atoms with E-state index in [4.69, 9.17) is 0 Å². The number of aryl methyl sites for hydroxylation is 1. The Kier molecular flexibility index (Phi) is 4.33. The van der Waals surface area contributed by atoms with Crippen LogP contribution in [0.5, 0.6) is 0 Å². The van der Waals surface area contributed by atoms with Crippen molar-refractivity contribution in [1.29, 1.82) is 0 Å². The standard InChI is InChI=1S/C16H10F3N2O2S/c1-10-5-2-3-8-13(10)24(22)12-7-4-6-11(9-12)14-20-15(23-21-14)16(17,18)19/h2-6,8-9H,1H3. The van der Waals surface area contributed by atoms with E-state index in [-0.39, 0.29) is 11.4 Å². The largest absolute Gasteiger partial charge is 0.606 e. The van der Waals surface area contributed by atoms with Gasteiger partial charge in [-0.3, -0.25) is 0 Å². The highest BCUT2D eigenvalue weighted by atomic mass is 32.2. The van der Waals surface area contributed by atoms with Crippen LogP contribution >= 0.6 is 0 Å². The molecule has 24 heavy (non-hydrogen) atoms. The number of benzene rings is 2. The summed E-state index contributed by atoms with van der Waals surface area (Å²) in [5, 5.41) is 3.32. The van der Waals surface area contributed by atoms with Crippen molar-refractivity contribution < 1.29 is 22.2 Å². The van der Waals surface area contributed by atoms with Crippen LogP contribution in [0.15, 0.2) is 56.8 Å². The summed E-state index contributed by atoms with van der Waals surface area (Å²) < 4.78 is 54.5. The molecule has 1 aromatic heterocycles. The molecular weight excluding hydrogens is 341 g/mol. The SMILES string of the molecule is Cc1ccccc1[S+]([O-])c1[c]ccc(-c2noc(C(F)(F)F)n2)c1. The molecule has 0 fully saturated rings. The Morgan fingerprint density at radius 2 is 1.96 bits per heavy atom. The van der Waals surface area contributed by atoms with Gasteiger partial charge in [0, 0.05) is 34.4 Å². The molecule has 0 N–H and O–H groups in total. The fourth-order valence-electron chi connectivity index (χ4n) is 2.03. The van der Waals surface area contributed by atoms with Crippen molar-refractivity contribution in [3.63, 3.8) is 0 Å². The number of nitrogens with zero attached hydrogens (tertiary/aromatic N) is 2. The number of halogens is 3. The van der Waals surface area contributed by atoms with Crippen molar-refractivity contribution in [1.82, 2.24) is 10.1 Å². The van der Waals surface area contributed by atoms with Crippen LogP contribution in [-0.4, -0.2) is 14.7 Å². The molecule has 1 unspecified atom stereocenters. The minimum absolute atomic E-state index is 0.223. The number of hydrogen-bond acceptors (Lipinski definition) is 4. The zero-order valence-electron chi connectivity index (χ0n) is 12.3. The molecule has 0 aliphatic carbocycles. The Morgan fingerprint density at radius 3 is 2.62 bits per heavy atom. The predicted octanol–water partition coefficient (Wildman–Crippen LogP) is 4.03. The van der Waals surface area contributed by atoms with E-state index in [9.17, 15) is 17.7 Å². The van der Waals surface area contributed by atoms with Gasteiger partial charge in [-0.1, -0.05) is 29.4 Å². The summed E-state index contributed by atoms with van der Waals surface area (Å²) in [7, 11) is 0. The third kappa shape index (κ3) is 3.29. The van der Waals surface area contributed by atoms with Crippen LogP contribution in [0.2, 0.25) is 0 Å². The number of alkyl halides is 3. The highest BCUT2D eigenvalue weighted by molar-refractivity contribution is 7.91. The van der Waals surface area contributed by atoms with Crippen molar-refractivity contribution in [2.75, 3.05) is 0 Å². The van der Waals surface area contributed by atoms with Crippen LogP contribution in [0, 0.1) is 13.0 Å². The topological polar surface area (TPSA) is 62.0 Å². The molecule has 4 nitrogen and oxygen atoms in total. The van der Waals surface area contributed by atoms with Gasteiger partial charge in [-0.25, -0.2) is 0 Å². The highest BCUT2D eigenvalue weighted by Crippen LogP contribution is 2.30. The first kappa shape index (κ1) is 16.5. The van der Waals surface area contributed by atoms with Gasteiger partial charge in [-0.2, -0.15) is 18.2 Å². The Hall–Kier alpha value is -2.32. The fourth-order valence-corrected chi connectivity index (χ4v) is 3.24. The Labute approximate surface area is 138 Å². The van der Waals surface area contributed by atoms with Gasteiger partial charge in [0.15, 0.2) is 9.79 Å². The second kappa shape index (κ2) is 6.29. The van der Waals surface area contributed by atoms with E-state index in [0.29, 0.717) is 9.79 Å². The molecule has 0 bridgehead atoms. The first-order chi connectivity index (χ1) is 11.4. The second-order valence-electron chi connectivity index (χ2n) is 4.90. The van der Waals surface area contributed by atoms with E-state index in [1.165, 1.54) is 18.2 Å². The predicted molar refractivity (Wildman–Crippen MR) is 79.4 cm³/mol. The molecule has 1 atom stereocenters. The maximum Gasteiger partial charge on any atom is 0.471 e. The van der Waals surface area contributed by atoms with E-state index in [1.54, 1.807) is 12.1 Å². The van der Waals surface area contributed by atoms with Gasteiger partial charge in [-0.05, 0) is 19.1 Å². The molecule has 1 heterocycles. The zero-order chi connectivity index (χ0) is 17.3. The molecule has 0 aliphatic rings. The number of rotatable bonds is 3. The zero-order valence-corrected chi connectivity index (χ0v) is 13.1. The molecule has 2 aromatic carbocycles. The maximum atomic E-state index is 12.7. The number of hydrogen-bond donors (Lipinski definition) is 0. The molecule has 1 radical (unpaired) electrons. The first-order valence-electron chi connectivity index (χ1n) is 6.76. The lowest BCUT2D eigenvalue weighted by Gasteiger charge is -2.11.